The number of rotatable bonds is 6. The van der Waals surface area contributed by atoms with Crippen molar-refractivity contribution in [1.29, 1.82) is 0 Å². The lowest BCUT2D eigenvalue weighted by Gasteiger charge is -2.14. The number of hydrogen-bond donors (Lipinski definition) is 2. The van der Waals surface area contributed by atoms with Crippen molar-refractivity contribution in [2.75, 3.05) is 20.3 Å². The van der Waals surface area contributed by atoms with Crippen molar-refractivity contribution in [3.8, 4) is 22.9 Å². The van der Waals surface area contributed by atoms with Gasteiger partial charge < -0.3 is 19.6 Å². The molecule has 1 aromatic carbocycles. The first kappa shape index (κ1) is 16.0. The SMILES string of the molecule is CCOc1c(OC)cccc1-c1nc(C)c(CCO)c(=O)[nH]1. The summed E-state index contributed by atoms with van der Waals surface area (Å²) in [6.07, 6.45) is 0.283. The second-order valence-corrected chi connectivity index (χ2v) is 4.72. The molecule has 0 saturated heterocycles. The third-order valence-corrected chi connectivity index (χ3v) is 3.33. The summed E-state index contributed by atoms with van der Waals surface area (Å²) in [5.74, 6) is 1.55. The van der Waals surface area contributed by atoms with Crippen LogP contribution in [-0.4, -0.2) is 35.4 Å². The number of nitrogens with zero attached hydrogens (tertiary/aromatic N) is 1. The van der Waals surface area contributed by atoms with Crippen molar-refractivity contribution in [2.24, 2.45) is 0 Å². The average Bonchev–Trinajstić information content (AvgIpc) is 2.51. The largest absolute Gasteiger partial charge is 0.493 e. The lowest BCUT2D eigenvalue weighted by molar-refractivity contribution is 0.298. The van der Waals surface area contributed by atoms with Crippen LogP contribution in [0.1, 0.15) is 18.2 Å². The van der Waals surface area contributed by atoms with Crippen LogP contribution in [0, 0.1) is 6.92 Å². The van der Waals surface area contributed by atoms with E-state index in [9.17, 15) is 4.79 Å². The molecule has 0 bridgehead atoms. The normalized spacial score (nSPS) is 10.5. The van der Waals surface area contributed by atoms with Crippen molar-refractivity contribution in [3.63, 3.8) is 0 Å². The van der Waals surface area contributed by atoms with Crippen molar-refractivity contribution in [3.05, 3.63) is 39.8 Å². The highest BCUT2D eigenvalue weighted by atomic mass is 16.5. The summed E-state index contributed by atoms with van der Waals surface area (Å²) in [6, 6.07) is 5.42. The van der Waals surface area contributed by atoms with E-state index in [-0.39, 0.29) is 18.6 Å². The molecule has 0 aliphatic rings. The maximum absolute atomic E-state index is 12.2. The monoisotopic (exact) mass is 304 g/mol. The molecule has 1 aromatic heterocycles. The number of benzene rings is 1. The molecule has 2 rings (SSSR count). The van der Waals surface area contributed by atoms with E-state index in [1.165, 1.54) is 0 Å². The summed E-state index contributed by atoms with van der Waals surface area (Å²) < 4.78 is 10.9. The van der Waals surface area contributed by atoms with E-state index >= 15 is 0 Å². The number of H-pyrrole nitrogens is 1. The van der Waals surface area contributed by atoms with Crippen molar-refractivity contribution in [2.45, 2.75) is 20.3 Å². The Balaban J connectivity index is 2.59. The highest BCUT2D eigenvalue weighted by molar-refractivity contribution is 5.68. The molecule has 0 atom stereocenters. The summed E-state index contributed by atoms with van der Waals surface area (Å²) in [7, 11) is 1.56. The van der Waals surface area contributed by atoms with Crippen LogP contribution in [0.2, 0.25) is 0 Å². The van der Waals surface area contributed by atoms with Gasteiger partial charge in [-0.05, 0) is 26.0 Å². The molecule has 0 spiro atoms. The maximum Gasteiger partial charge on any atom is 0.254 e. The Hall–Kier alpha value is -2.34. The van der Waals surface area contributed by atoms with Gasteiger partial charge in [-0.2, -0.15) is 0 Å². The van der Waals surface area contributed by atoms with E-state index in [0.29, 0.717) is 40.8 Å². The molecule has 0 aliphatic heterocycles. The minimum absolute atomic E-state index is 0.0890. The highest BCUT2D eigenvalue weighted by Gasteiger charge is 2.16. The Bertz CT molecular complexity index is 710. The van der Waals surface area contributed by atoms with E-state index in [1.54, 1.807) is 20.1 Å². The number of aryl methyl sites for hydroxylation is 1. The van der Waals surface area contributed by atoms with Gasteiger partial charge in [-0.3, -0.25) is 4.79 Å². The van der Waals surface area contributed by atoms with Crippen LogP contribution in [0.5, 0.6) is 11.5 Å². The lowest BCUT2D eigenvalue weighted by atomic mass is 10.1. The number of nitrogens with one attached hydrogen (secondary N) is 1. The molecular weight excluding hydrogens is 284 g/mol. The van der Waals surface area contributed by atoms with Gasteiger partial charge in [0.05, 0.1) is 19.3 Å². The Morgan fingerprint density at radius 1 is 1.36 bits per heavy atom. The van der Waals surface area contributed by atoms with Gasteiger partial charge >= 0.3 is 0 Å². The first-order chi connectivity index (χ1) is 10.6. The average molecular weight is 304 g/mol. The zero-order valence-corrected chi connectivity index (χ0v) is 13.0. The number of para-hydroxylation sites is 1. The molecule has 0 unspecified atom stereocenters. The van der Waals surface area contributed by atoms with Gasteiger partial charge in [0.15, 0.2) is 11.5 Å². The second kappa shape index (κ2) is 7.09. The van der Waals surface area contributed by atoms with E-state index in [2.05, 4.69) is 9.97 Å². The van der Waals surface area contributed by atoms with E-state index < -0.39 is 0 Å². The van der Waals surface area contributed by atoms with Crippen LogP contribution in [-0.2, 0) is 6.42 Å². The minimum Gasteiger partial charge on any atom is -0.493 e. The van der Waals surface area contributed by atoms with Gasteiger partial charge in [0, 0.05) is 24.3 Å². The Morgan fingerprint density at radius 2 is 2.14 bits per heavy atom. The van der Waals surface area contributed by atoms with E-state index in [0.717, 1.165) is 0 Å². The van der Waals surface area contributed by atoms with Crippen molar-refractivity contribution < 1.29 is 14.6 Å². The van der Waals surface area contributed by atoms with Gasteiger partial charge in [-0.25, -0.2) is 4.98 Å². The fourth-order valence-electron chi connectivity index (χ4n) is 2.30. The third-order valence-electron chi connectivity index (χ3n) is 3.33. The molecule has 0 amide bonds. The zero-order chi connectivity index (χ0) is 16.1. The fraction of sp³-hybridized carbons (Fsp3) is 0.375. The van der Waals surface area contributed by atoms with Crippen LogP contribution in [0.25, 0.3) is 11.4 Å². The molecule has 0 radical (unpaired) electrons. The van der Waals surface area contributed by atoms with Crippen LogP contribution in [0.3, 0.4) is 0 Å². The first-order valence-corrected chi connectivity index (χ1v) is 7.13. The van der Waals surface area contributed by atoms with Crippen LogP contribution in [0.4, 0.5) is 0 Å². The number of hydrogen-bond acceptors (Lipinski definition) is 5. The molecule has 6 nitrogen and oxygen atoms in total. The zero-order valence-electron chi connectivity index (χ0n) is 13.0. The number of aromatic amines is 1. The number of aliphatic hydroxyl groups is 1. The smallest absolute Gasteiger partial charge is 0.254 e. The molecule has 1 heterocycles. The predicted octanol–water partition coefficient (Wildman–Crippen LogP) is 1.69. The fourth-order valence-corrected chi connectivity index (χ4v) is 2.30. The number of methoxy groups -OCH3 is 1. The van der Waals surface area contributed by atoms with Gasteiger partial charge in [0.1, 0.15) is 5.82 Å². The minimum atomic E-state index is -0.248. The molecule has 22 heavy (non-hydrogen) atoms. The molecule has 2 N–H and O–H groups in total. The van der Waals surface area contributed by atoms with E-state index in [4.69, 9.17) is 14.6 Å². The summed E-state index contributed by atoms with van der Waals surface area (Å²) >= 11 is 0. The number of aliphatic hydroxyl groups excluding tert-OH is 1. The van der Waals surface area contributed by atoms with Crippen LogP contribution < -0.4 is 15.0 Å². The Labute approximate surface area is 128 Å². The number of aromatic nitrogens is 2. The van der Waals surface area contributed by atoms with Gasteiger partial charge in [-0.1, -0.05) is 6.07 Å². The quantitative estimate of drug-likeness (QED) is 0.848. The first-order valence-electron chi connectivity index (χ1n) is 7.13. The topological polar surface area (TPSA) is 84.4 Å². The van der Waals surface area contributed by atoms with Gasteiger partial charge in [0.25, 0.3) is 5.56 Å². The third kappa shape index (κ3) is 3.12. The Kier molecular flexibility index (Phi) is 5.16. The highest BCUT2D eigenvalue weighted by Crippen LogP contribution is 2.36. The predicted molar refractivity (Wildman–Crippen MR) is 83.5 cm³/mol. The van der Waals surface area contributed by atoms with Crippen LogP contribution >= 0.6 is 0 Å². The summed E-state index contributed by atoms with van der Waals surface area (Å²) in [6.45, 7) is 4.01. The summed E-state index contributed by atoms with van der Waals surface area (Å²) in [5, 5.41) is 9.02. The standard InChI is InChI=1S/C16H20N2O4/c1-4-22-14-12(6-5-7-13(14)21-3)15-17-10(2)11(8-9-19)16(20)18-15/h5-7,19H,4,8-9H2,1-3H3,(H,17,18,20). The second-order valence-electron chi connectivity index (χ2n) is 4.72. The van der Waals surface area contributed by atoms with E-state index in [1.807, 2.05) is 19.1 Å². The summed E-state index contributed by atoms with van der Waals surface area (Å²) in [4.78, 5) is 19.4. The lowest BCUT2D eigenvalue weighted by Crippen LogP contribution is -2.18. The molecule has 2 aromatic rings. The summed E-state index contributed by atoms with van der Waals surface area (Å²) in [5.41, 5.74) is 1.50. The Morgan fingerprint density at radius 3 is 2.73 bits per heavy atom. The van der Waals surface area contributed by atoms with Gasteiger partial charge in [-0.15, -0.1) is 0 Å². The molecule has 0 aliphatic carbocycles. The maximum atomic E-state index is 12.2. The molecule has 6 heteroatoms. The molecule has 0 fully saturated rings. The number of ether oxygens (including phenoxy) is 2. The molecular formula is C16H20N2O4. The van der Waals surface area contributed by atoms with Crippen LogP contribution in [0.15, 0.2) is 23.0 Å². The van der Waals surface area contributed by atoms with Crippen molar-refractivity contribution >= 4 is 0 Å². The van der Waals surface area contributed by atoms with Crippen molar-refractivity contribution in [1.82, 2.24) is 9.97 Å². The molecule has 118 valence electrons. The van der Waals surface area contributed by atoms with Gasteiger partial charge in [0.2, 0.25) is 0 Å². The molecule has 0 saturated carbocycles.